The topological polar surface area (TPSA) is 43.4 Å². The van der Waals surface area contributed by atoms with Gasteiger partial charge in [0.2, 0.25) is 0 Å². The largest absolute Gasteiger partial charge is 0.465 e. The van der Waals surface area contributed by atoms with Crippen molar-refractivity contribution in [2.45, 2.75) is 60.3 Å². The molecule has 3 heteroatoms. The second kappa shape index (κ2) is 5.41. The van der Waals surface area contributed by atoms with Crippen molar-refractivity contribution >= 4 is 11.8 Å². The molecule has 0 unspecified atom stereocenters. The van der Waals surface area contributed by atoms with E-state index in [-0.39, 0.29) is 11.8 Å². The summed E-state index contributed by atoms with van der Waals surface area (Å²) in [7, 11) is 0. The standard InChI is InChI=1S/C15H26O3/c1-6-8-11-9-15(10-11,13(17)18-7-2)12(16)14(3,4)5/h11H,6-10H2,1-5H3. The number of Topliss-reactive ketones (excluding diaryl/α,β-unsaturated/α-hetero) is 1. The SMILES string of the molecule is CCCC1CC(C(=O)OCC)(C(=O)C(C)(C)C)C1. The van der Waals surface area contributed by atoms with Crippen molar-refractivity contribution in [1.29, 1.82) is 0 Å². The average Bonchev–Trinajstić information content (AvgIpc) is 2.20. The molecule has 0 radical (unpaired) electrons. The molecule has 104 valence electrons. The molecule has 0 saturated heterocycles. The lowest BCUT2D eigenvalue weighted by Gasteiger charge is -2.46. The van der Waals surface area contributed by atoms with E-state index in [2.05, 4.69) is 6.92 Å². The van der Waals surface area contributed by atoms with E-state index in [0.717, 1.165) is 12.8 Å². The van der Waals surface area contributed by atoms with Gasteiger partial charge in [-0.25, -0.2) is 0 Å². The summed E-state index contributed by atoms with van der Waals surface area (Å²) in [5.41, 5.74) is -1.34. The number of rotatable bonds is 5. The van der Waals surface area contributed by atoms with E-state index in [1.807, 2.05) is 20.8 Å². The van der Waals surface area contributed by atoms with Crippen LogP contribution in [0.2, 0.25) is 0 Å². The molecule has 0 atom stereocenters. The molecular formula is C15H26O3. The Morgan fingerprint density at radius 3 is 2.17 bits per heavy atom. The second-order valence-electron chi connectivity index (χ2n) is 6.44. The van der Waals surface area contributed by atoms with E-state index < -0.39 is 10.8 Å². The Morgan fingerprint density at radius 2 is 1.78 bits per heavy atom. The number of ketones is 1. The van der Waals surface area contributed by atoms with Crippen LogP contribution in [0.4, 0.5) is 0 Å². The molecule has 0 aromatic rings. The molecule has 0 N–H and O–H groups in total. The lowest BCUT2D eigenvalue weighted by Crippen LogP contribution is -2.54. The zero-order valence-electron chi connectivity index (χ0n) is 12.3. The Balaban J connectivity index is 2.86. The summed E-state index contributed by atoms with van der Waals surface area (Å²) in [6, 6.07) is 0. The Morgan fingerprint density at radius 1 is 1.22 bits per heavy atom. The van der Waals surface area contributed by atoms with Crippen LogP contribution in [0.1, 0.15) is 60.3 Å². The van der Waals surface area contributed by atoms with Crippen molar-refractivity contribution in [2.75, 3.05) is 6.61 Å². The molecule has 1 rings (SSSR count). The summed E-state index contributed by atoms with van der Waals surface area (Å²) in [6.07, 6.45) is 3.55. The normalized spacial score (nSPS) is 27.5. The first-order chi connectivity index (χ1) is 8.28. The molecule has 1 saturated carbocycles. The fourth-order valence-electron chi connectivity index (χ4n) is 2.97. The van der Waals surface area contributed by atoms with Gasteiger partial charge in [0.15, 0.2) is 5.78 Å². The van der Waals surface area contributed by atoms with Crippen molar-refractivity contribution < 1.29 is 14.3 Å². The third-order valence-corrected chi connectivity index (χ3v) is 3.75. The van der Waals surface area contributed by atoms with E-state index >= 15 is 0 Å². The first-order valence-electron chi connectivity index (χ1n) is 7.00. The van der Waals surface area contributed by atoms with Crippen LogP contribution in [0.3, 0.4) is 0 Å². The summed E-state index contributed by atoms with van der Waals surface area (Å²) in [5, 5.41) is 0. The lowest BCUT2D eigenvalue weighted by molar-refractivity contribution is -0.173. The molecule has 0 spiro atoms. The molecule has 18 heavy (non-hydrogen) atoms. The molecule has 0 heterocycles. The van der Waals surface area contributed by atoms with Crippen LogP contribution >= 0.6 is 0 Å². The lowest BCUT2D eigenvalue weighted by atomic mass is 9.55. The van der Waals surface area contributed by atoms with Gasteiger partial charge in [-0.15, -0.1) is 0 Å². The van der Waals surface area contributed by atoms with Gasteiger partial charge < -0.3 is 4.74 Å². The third-order valence-electron chi connectivity index (χ3n) is 3.75. The highest BCUT2D eigenvalue weighted by molar-refractivity contribution is 6.07. The van der Waals surface area contributed by atoms with Crippen molar-refractivity contribution in [3.63, 3.8) is 0 Å². The third kappa shape index (κ3) is 2.76. The summed E-state index contributed by atoms with van der Waals surface area (Å²) in [6.45, 7) is 9.90. The molecule has 0 amide bonds. The maximum absolute atomic E-state index is 12.5. The molecular weight excluding hydrogens is 228 g/mol. The van der Waals surface area contributed by atoms with E-state index in [1.165, 1.54) is 0 Å². The maximum Gasteiger partial charge on any atom is 0.319 e. The number of esters is 1. The summed E-state index contributed by atoms with van der Waals surface area (Å²) >= 11 is 0. The minimum absolute atomic E-state index is 0.0424. The predicted octanol–water partition coefficient (Wildman–Crippen LogP) is 3.36. The summed E-state index contributed by atoms with van der Waals surface area (Å²) < 4.78 is 5.13. The average molecular weight is 254 g/mol. The van der Waals surface area contributed by atoms with Gasteiger partial charge in [0.1, 0.15) is 5.41 Å². The zero-order valence-corrected chi connectivity index (χ0v) is 12.3. The highest BCUT2D eigenvalue weighted by Gasteiger charge is 2.58. The van der Waals surface area contributed by atoms with Crippen molar-refractivity contribution in [1.82, 2.24) is 0 Å². The van der Waals surface area contributed by atoms with Crippen LogP contribution in [0.25, 0.3) is 0 Å². The van der Waals surface area contributed by atoms with Crippen LogP contribution in [0.15, 0.2) is 0 Å². The van der Waals surface area contributed by atoms with Crippen LogP contribution < -0.4 is 0 Å². The maximum atomic E-state index is 12.5. The molecule has 0 aliphatic heterocycles. The first-order valence-corrected chi connectivity index (χ1v) is 7.00. The molecule has 0 bridgehead atoms. The molecule has 0 aromatic heterocycles. The Bertz CT molecular complexity index is 319. The van der Waals surface area contributed by atoms with Crippen LogP contribution in [0.5, 0.6) is 0 Å². The fraction of sp³-hybridized carbons (Fsp3) is 0.867. The number of carbonyl (C=O) groups excluding carboxylic acids is 2. The number of hydrogen-bond acceptors (Lipinski definition) is 3. The van der Waals surface area contributed by atoms with Crippen molar-refractivity contribution in [2.24, 2.45) is 16.7 Å². The van der Waals surface area contributed by atoms with Crippen LogP contribution in [-0.2, 0) is 14.3 Å². The summed E-state index contributed by atoms with van der Waals surface area (Å²) in [5.74, 6) is 0.240. The predicted molar refractivity (Wildman–Crippen MR) is 71.2 cm³/mol. The van der Waals surface area contributed by atoms with E-state index in [0.29, 0.717) is 25.4 Å². The monoisotopic (exact) mass is 254 g/mol. The Labute approximate surface area is 110 Å². The van der Waals surface area contributed by atoms with E-state index in [1.54, 1.807) is 6.92 Å². The van der Waals surface area contributed by atoms with Gasteiger partial charge in [-0.2, -0.15) is 0 Å². The van der Waals surface area contributed by atoms with Crippen molar-refractivity contribution in [3.05, 3.63) is 0 Å². The molecule has 1 aliphatic rings. The smallest absolute Gasteiger partial charge is 0.319 e. The van der Waals surface area contributed by atoms with Gasteiger partial charge in [0.25, 0.3) is 0 Å². The second-order valence-corrected chi connectivity index (χ2v) is 6.44. The zero-order chi connectivity index (χ0) is 14.0. The molecule has 0 aromatic carbocycles. The van der Waals surface area contributed by atoms with Gasteiger partial charge in [-0.05, 0) is 25.7 Å². The van der Waals surface area contributed by atoms with Crippen molar-refractivity contribution in [3.8, 4) is 0 Å². The molecule has 1 fully saturated rings. The van der Waals surface area contributed by atoms with Gasteiger partial charge >= 0.3 is 5.97 Å². The number of ether oxygens (including phenoxy) is 1. The van der Waals surface area contributed by atoms with E-state index in [9.17, 15) is 9.59 Å². The minimum atomic E-state index is -0.853. The quantitative estimate of drug-likeness (QED) is 0.558. The highest BCUT2D eigenvalue weighted by Crippen LogP contribution is 2.52. The van der Waals surface area contributed by atoms with Crippen LogP contribution in [0, 0.1) is 16.7 Å². The summed E-state index contributed by atoms with van der Waals surface area (Å²) in [4.78, 5) is 24.7. The van der Waals surface area contributed by atoms with Gasteiger partial charge in [-0.3, -0.25) is 9.59 Å². The van der Waals surface area contributed by atoms with E-state index in [4.69, 9.17) is 4.74 Å². The molecule has 1 aliphatic carbocycles. The fourth-order valence-corrected chi connectivity index (χ4v) is 2.97. The van der Waals surface area contributed by atoms with Gasteiger partial charge in [-0.1, -0.05) is 40.5 Å². The van der Waals surface area contributed by atoms with Gasteiger partial charge in [0.05, 0.1) is 6.61 Å². The Hall–Kier alpha value is -0.860. The van der Waals surface area contributed by atoms with Gasteiger partial charge in [0, 0.05) is 5.41 Å². The Kier molecular flexibility index (Phi) is 4.57. The number of hydrogen-bond donors (Lipinski definition) is 0. The minimum Gasteiger partial charge on any atom is -0.465 e. The number of carbonyl (C=O) groups is 2. The molecule has 3 nitrogen and oxygen atoms in total. The first kappa shape index (κ1) is 15.2. The van der Waals surface area contributed by atoms with Crippen LogP contribution in [-0.4, -0.2) is 18.4 Å². The highest BCUT2D eigenvalue weighted by atomic mass is 16.5.